The van der Waals surface area contributed by atoms with Gasteiger partial charge in [0.1, 0.15) is 6.67 Å². The highest BCUT2D eigenvalue weighted by Gasteiger charge is 2.40. The Kier molecular flexibility index (Phi) is 9.18. The first-order valence-corrected chi connectivity index (χ1v) is 12.7. The zero-order valence-corrected chi connectivity index (χ0v) is 22.4. The molecule has 0 amide bonds. The van der Waals surface area contributed by atoms with Crippen LogP contribution in [0, 0.1) is 11.3 Å². The zero-order chi connectivity index (χ0) is 24.3. The minimum Gasteiger partial charge on any atom is -0.298 e. The fourth-order valence-corrected chi connectivity index (χ4v) is 5.72. The van der Waals surface area contributed by atoms with Gasteiger partial charge in [0.15, 0.2) is 0 Å². The smallest absolute Gasteiger partial charge is 0.106 e. The van der Waals surface area contributed by atoms with E-state index in [9.17, 15) is 9.65 Å². The Morgan fingerprint density at radius 2 is 1.50 bits per heavy atom. The van der Waals surface area contributed by atoms with Crippen LogP contribution in [0.3, 0.4) is 0 Å². The predicted octanol–water partition coefficient (Wildman–Crippen LogP) is 4.39. The van der Waals surface area contributed by atoms with Crippen molar-refractivity contribution >= 4 is 0 Å². The monoisotopic (exact) mass is 451 g/mol. The molecule has 0 aromatic rings. The summed E-state index contributed by atoms with van der Waals surface area (Å²) in [5.74, 6) is 0. The van der Waals surface area contributed by atoms with Crippen molar-refractivity contribution in [3.05, 3.63) is 0 Å². The van der Waals surface area contributed by atoms with Crippen LogP contribution < -0.4 is 0 Å². The Morgan fingerprint density at radius 1 is 0.875 bits per heavy atom. The number of rotatable bonds is 7. The highest BCUT2D eigenvalue weighted by molar-refractivity contribution is 4.97. The zero-order valence-electron chi connectivity index (χ0n) is 22.4. The van der Waals surface area contributed by atoms with Crippen molar-refractivity contribution in [2.24, 2.45) is 0 Å². The Labute approximate surface area is 197 Å². The first kappa shape index (κ1) is 27.5. The second-order valence-electron chi connectivity index (χ2n) is 12.7. The molecule has 0 radical (unpaired) electrons. The van der Waals surface area contributed by atoms with Crippen molar-refractivity contribution in [2.75, 3.05) is 45.9 Å². The van der Waals surface area contributed by atoms with Gasteiger partial charge in [0, 0.05) is 68.0 Å². The molecule has 0 aliphatic carbocycles. The van der Waals surface area contributed by atoms with Crippen molar-refractivity contribution in [1.82, 2.24) is 19.6 Å². The molecule has 0 aromatic carbocycles. The standard InChI is InChI=1S/C26H50FN5/c1-21(29-14-16-31(25(5,6)7)22(19-29)11-13-28)10-12-26(8,9)32-17-15-30(24(2,3)4)20-23(32)18-27/h21-23H,10-12,14-20H2,1-9H3/t21?,22-,23?/m0/s1. The molecule has 32 heavy (non-hydrogen) atoms. The normalized spacial score (nSPS) is 26.8. The number of hydrogen-bond donors (Lipinski definition) is 0. The maximum absolute atomic E-state index is 14.1. The molecule has 0 aromatic heterocycles. The number of nitrogens with zero attached hydrogens (tertiary/aromatic N) is 5. The van der Waals surface area contributed by atoms with Crippen LogP contribution in [-0.2, 0) is 0 Å². The van der Waals surface area contributed by atoms with E-state index < -0.39 is 0 Å². The van der Waals surface area contributed by atoms with E-state index in [0.29, 0.717) is 18.5 Å². The van der Waals surface area contributed by atoms with Gasteiger partial charge >= 0.3 is 0 Å². The molecule has 0 spiro atoms. The van der Waals surface area contributed by atoms with Gasteiger partial charge in [-0.2, -0.15) is 5.26 Å². The summed E-state index contributed by atoms with van der Waals surface area (Å²) in [6, 6.07) is 3.15. The van der Waals surface area contributed by atoms with Crippen LogP contribution >= 0.6 is 0 Å². The van der Waals surface area contributed by atoms with Gasteiger partial charge in [-0.05, 0) is 75.2 Å². The Morgan fingerprint density at radius 3 is 2.03 bits per heavy atom. The highest BCUT2D eigenvalue weighted by atomic mass is 19.1. The van der Waals surface area contributed by atoms with Crippen LogP contribution in [0.4, 0.5) is 4.39 Å². The lowest BCUT2D eigenvalue weighted by molar-refractivity contribution is -0.0428. The third-order valence-electron chi connectivity index (χ3n) is 7.89. The van der Waals surface area contributed by atoms with E-state index in [4.69, 9.17) is 0 Å². The van der Waals surface area contributed by atoms with Gasteiger partial charge in [-0.25, -0.2) is 4.39 Å². The minimum atomic E-state index is -0.282. The summed E-state index contributed by atoms with van der Waals surface area (Å²) in [6.45, 7) is 25.8. The predicted molar refractivity (Wildman–Crippen MR) is 133 cm³/mol. The summed E-state index contributed by atoms with van der Waals surface area (Å²) in [7, 11) is 0. The second-order valence-corrected chi connectivity index (χ2v) is 12.7. The topological polar surface area (TPSA) is 36.8 Å². The lowest BCUT2D eigenvalue weighted by Gasteiger charge is -2.52. The molecule has 2 unspecified atom stereocenters. The average Bonchev–Trinajstić information content (AvgIpc) is 2.70. The fourth-order valence-electron chi connectivity index (χ4n) is 5.72. The molecule has 0 N–H and O–H groups in total. The third kappa shape index (κ3) is 6.88. The Hall–Kier alpha value is -0.740. The van der Waals surface area contributed by atoms with Crippen molar-refractivity contribution in [3.8, 4) is 6.07 Å². The number of halogens is 1. The van der Waals surface area contributed by atoms with E-state index in [1.54, 1.807) is 0 Å². The number of hydrogen-bond acceptors (Lipinski definition) is 5. The molecule has 2 saturated heterocycles. The lowest BCUT2D eigenvalue weighted by Crippen LogP contribution is -2.64. The summed E-state index contributed by atoms with van der Waals surface area (Å²) in [6.07, 6.45) is 2.74. The summed E-state index contributed by atoms with van der Waals surface area (Å²) < 4.78 is 14.1. The van der Waals surface area contributed by atoms with Crippen LogP contribution in [0.2, 0.25) is 0 Å². The molecular formula is C26H50FN5. The SMILES string of the molecule is CC(CCC(C)(C)N1CCN(C(C)(C)C)CC1CF)N1CCN(C(C)(C)C)[C@@H](CC#N)C1. The van der Waals surface area contributed by atoms with Gasteiger partial charge < -0.3 is 0 Å². The molecule has 2 aliphatic rings. The maximum Gasteiger partial charge on any atom is 0.106 e. The quantitative estimate of drug-likeness (QED) is 0.574. The molecule has 186 valence electrons. The molecule has 5 nitrogen and oxygen atoms in total. The Balaban J connectivity index is 1.96. The van der Waals surface area contributed by atoms with E-state index in [0.717, 1.165) is 52.1 Å². The van der Waals surface area contributed by atoms with Crippen LogP contribution in [0.15, 0.2) is 0 Å². The lowest BCUT2D eigenvalue weighted by atomic mass is 9.89. The number of nitriles is 1. The van der Waals surface area contributed by atoms with Gasteiger partial charge in [-0.1, -0.05) is 0 Å². The van der Waals surface area contributed by atoms with Crippen molar-refractivity contribution < 1.29 is 4.39 Å². The molecule has 0 bridgehead atoms. The molecule has 2 fully saturated rings. The summed E-state index contributed by atoms with van der Waals surface area (Å²) in [4.78, 5) is 9.93. The van der Waals surface area contributed by atoms with E-state index >= 15 is 0 Å². The van der Waals surface area contributed by atoms with Gasteiger partial charge in [0.2, 0.25) is 0 Å². The molecule has 2 rings (SSSR count). The van der Waals surface area contributed by atoms with Gasteiger partial charge in [0.25, 0.3) is 0 Å². The molecule has 2 heterocycles. The van der Waals surface area contributed by atoms with Gasteiger partial charge in [0.05, 0.1) is 18.5 Å². The van der Waals surface area contributed by atoms with E-state index in [2.05, 4.69) is 88.0 Å². The molecule has 6 heteroatoms. The number of piperazine rings is 2. The van der Waals surface area contributed by atoms with Crippen LogP contribution in [0.5, 0.6) is 0 Å². The number of alkyl halides is 1. The van der Waals surface area contributed by atoms with E-state index in [1.807, 2.05) is 0 Å². The largest absolute Gasteiger partial charge is 0.298 e. The van der Waals surface area contributed by atoms with Crippen molar-refractivity contribution in [2.45, 2.75) is 116 Å². The fraction of sp³-hybridized carbons (Fsp3) is 0.962. The van der Waals surface area contributed by atoms with E-state index in [-0.39, 0.29) is 29.3 Å². The summed E-state index contributed by atoms with van der Waals surface area (Å²) in [5, 5.41) is 9.36. The third-order valence-corrected chi connectivity index (χ3v) is 7.89. The minimum absolute atomic E-state index is 0.0196. The van der Waals surface area contributed by atoms with Crippen molar-refractivity contribution in [1.29, 1.82) is 5.26 Å². The Bertz CT molecular complexity index is 630. The van der Waals surface area contributed by atoms with Crippen LogP contribution in [0.25, 0.3) is 0 Å². The van der Waals surface area contributed by atoms with E-state index in [1.165, 1.54) is 0 Å². The summed E-state index contributed by atoms with van der Waals surface area (Å²) in [5.41, 5.74) is 0.164. The molecule has 2 aliphatic heterocycles. The van der Waals surface area contributed by atoms with Gasteiger partial charge in [-0.3, -0.25) is 19.6 Å². The van der Waals surface area contributed by atoms with Crippen LogP contribution in [-0.4, -0.2) is 100 Å². The van der Waals surface area contributed by atoms with Crippen LogP contribution in [0.1, 0.15) is 81.6 Å². The second kappa shape index (κ2) is 10.7. The maximum atomic E-state index is 14.1. The molecule has 0 saturated carbocycles. The molecular weight excluding hydrogens is 401 g/mol. The highest BCUT2D eigenvalue weighted by Crippen LogP contribution is 2.31. The first-order chi connectivity index (χ1) is 14.7. The first-order valence-electron chi connectivity index (χ1n) is 12.7. The average molecular weight is 452 g/mol. The molecule has 3 atom stereocenters. The summed E-state index contributed by atoms with van der Waals surface area (Å²) >= 11 is 0. The van der Waals surface area contributed by atoms with Crippen molar-refractivity contribution in [3.63, 3.8) is 0 Å². The van der Waals surface area contributed by atoms with Gasteiger partial charge in [-0.15, -0.1) is 0 Å².